The zero-order valence-electron chi connectivity index (χ0n) is 8.48. The fraction of sp³-hybridized carbons (Fsp3) is 0.600. The second-order valence-electron chi connectivity index (χ2n) is 3.93. The van der Waals surface area contributed by atoms with E-state index in [9.17, 15) is 8.42 Å². The van der Waals surface area contributed by atoms with Crippen LogP contribution in [0.5, 0.6) is 0 Å². The highest BCUT2D eigenvalue weighted by atomic mass is 32.2. The Morgan fingerprint density at radius 1 is 1.53 bits per heavy atom. The molecule has 0 amide bonds. The van der Waals surface area contributed by atoms with Gasteiger partial charge in [-0.25, -0.2) is 8.42 Å². The number of hydrogen-bond acceptors (Lipinski definition) is 4. The highest BCUT2D eigenvalue weighted by Crippen LogP contribution is 2.12. The maximum absolute atomic E-state index is 11.8. The number of sulfone groups is 1. The van der Waals surface area contributed by atoms with Gasteiger partial charge in [0.1, 0.15) is 11.5 Å². The van der Waals surface area contributed by atoms with Gasteiger partial charge in [0.15, 0.2) is 9.84 Å². The largest absolute Gasteiger partial charge is 0.468 e. The van der Waals surface area contributed by atoms with Crippen molar-refractivity contribution in [1.82, 2.24) is 5.32 Å². The second kappa shape index (κ2) is 4.37. The third kappa shape index (κ3) is 3.07. The fourth-order valence-corrected chi connectivity index (χ4v) is 3.49. The van der Waals surface area contributed by atoms with Gasteiger partial charge in [0.2, 0.25) is 0 Å². The average Bonchev–Trinajstić information content (AvgIpc) is 2.75. The Morgan fingerprint density at radius 3 is 3.00 bits per heavy atom. The molecule has 1 aromatic heterocycles. The van der Waals surface area contributed by atoms with E-state index >= 15 is 0 Å². The molecule has 1 fully saturated rings. The van der Waals surface area contributed by atoms with Gasteiger partial charge >= 0.3 is 0 Å². The van der Waals surface area contributed by atoms with Gasteiger partial charge in [0.05, 0.1) is 12.0 Å². The van der Waals surface area contributed by atoms with Gasteiger partial charge in [-0.3, -0.25) is 0 Å². The minimum atomic E-state index is -3.04. The van der Waals surface area contributed by atoms with E-state index in [1.807, 2.05) is 0 Å². The molecule has 0 spiro atoms. The molecule has 1 N–H and O–H groups in total. The van der Waals surface area contributed by atoms with Crippen LogP contribution in [0, 0.1) is 0 Å². The quantitative estimate of drug-likeness (QED) is 0.835. The molecule has 1 aliphatic rings. The summed E-state index contributed by atoms with van der Waals surface area (Å²) >= 11 is 0. The van der Waals surface area contributed by atoms with Crippen LogP contribution < -0.4 is 5.32 Å². The molecule has 15 heavy (non-hydrogen) atoms. The first-order chi connectivity index (χ1) is 7.16. The lowest BCUT2D eigenvalue weighted by Gasteiger charge is -2.09. The monoisotopic (exact) mass is 229 g/mol. The third-order valence-electron chi connectivity index (χ3n) is 2.56. The maximum atomic E-state index is 11.8. The normalized spacial score (nSPS) is 22.0. The molecule has 2 rings (SSSR count). The van der Waals surface area contributed by atoms with E-state index in [1.165, 1.54) is 6.26 Å². The molecule has 0 saturated carbocycles. The molecule has 2 heterocycles. The predicted molar refractivity (Wildman–Crippen MR) is 57.2 cm³/mol. The Bertz CT molecular complexity index is 390. The van der Waals surface area contributed by atoms with Crippen LogP contribution >= 0.6 is 0 Å². The second-order valence-corrected chi connectivity index (χ2v) is 6.04. The first kappa shape index (κ1) is 10.7. The lowest BCUT2D eigenvalue weighted by atomic mass is 10.3. The molecule has 0 bridgehead atoms. The van der Waals surface area contributed by atoms with Gasteiger partial charge in [-0.05, 0) is 31.5 Å². The van der Waals surface area contributed by atoms with Gasteiger partial charge in [-0.2, -0.15) is 0 Å². The number of hydrogen-bond donors (Lipinski definition) is 1. The first-order valence-electron chi connectivity index (χ1n) is 5.12. The zero-order valence-corrected chi connectivity index (χ0v) is 9.29. The van der Waals surface area contributed by atoms with Gasteiger partial charge in [0, 0.05) is 6.04 Å². The Hall–Kier alpha value is -0.810. The van der Waals surface area contributed by atoms with E-state index in [0.717, 1.165) is 19.4 Å². The summed E-state index contributed by atoms with van der Waals surface area (Å²) in [6, 6.07) is 3.53. The van der Waals surface area contributed by atoms with E-state index < -0.39 is 9.84 Å². The van der Waals surface area contributed by atoms with Crippen LogP contribution in [-0.2, 0) is 15.6 Å². The molecule has 0 radical (unpaired) electrons. The lowest BCUT2D eigenvalue weighted by molar-refractivity contribution is 0.518. The Labute approximate surface area is 89.6 Å². The molecular formula is C10H15NO3S. The molecule has 1 atom stereocenters. The molecule has 5 heteroatoms. The molecule has 4 nitrogen and oxygen atoms in total. The van der Waals surface area contributed by atoms with Crippen molar-refractivity contribution >= 4 is 9.84 Å². The van der Waals surface area contributed by atoms with E-state index in [2.05, 4.69) is 5.32 Å². The Balaban J connectivity index is 1.94. The van der Waals surface area contributed by atoms with Crippen molar-refractivity contribution in [3.63, 3.8) is 0 Å². The van der Waals surface area contributed by atoms with Crippen LogP contribution in [0.1, 0.15) is 18.6 Å². The fourth-order valence-electron chi connectivity index (χ4n) is 1.88. The summed E-state index contributed by atoms with van der Waals surface area (Å²) in [4.78, 5) is 0. The highest BCUT2D eigenvalue weighted by molar-refractivity contribution is 7.90. The minimum Gasteiger partial charge on any atom is -0.468 e. The summed E-state index contributed by atoms with van der Waals surface area (Å²) in [5.74, 6) is 0.749. The van der Waals surface area contributed by atoms with Crippen LogP contribution in [0.4, 0.5) is 0 Å². The van der Waals surface area contributed by atoms with Gasteiger partial charge < -0.3 is 9.73 Å². The summed E-state index contributed by atoms with van der Waals surface area (Å²) in [6.45, 7) is 0.931. The average molecular weight is 229 g/mol. The lowest BCUT2D eigenvalue weighted by Crippen LogP contribution is -2.30. The van der Waals surface area contributed by atoms with Gasteiger partial charge in [0.25, 0.3) is 0 Å². The standard InChI is InChI=1S/C10H15NO3S/c12-15(13,7-9-3-1-5-11-9)8-10-4-2-6-14-10/h2,4,6,9,11H,1,3,5,7-8H2/t9-/m0/s1. The smallest absolute Gasteiger partial charge is 0.159 e. The van der Waals surface area contributed by atoms with Gasteiger partial charge in [-0.15, -0.1) is 0 Å². The van der Waals surface area contributed by atoms with Crippen molar-refractivity contribution in [1.29, 1.82) is 0 Å². The van der Waals surface area contributed by atoms with Crippen LogP contribution in [-0.4, -0.2) is 26.8 Å². The number of rotatable bonds is 4. The minimum absolute atomic E-state index is 0.0121. The van der Waals surface area contributed by atoms with Crippen LogP contribution in [0.15, 0.2) is 22.8 Å². The van der Waals surface area contributed by atoms with Crippen molar-refractivity contribution in [2.24, 2.45) is 0 Å². The van der Waals surface area contributed by atoms with Crippen molar-refractivity contribution in [3.05, 3.63) is 24.2 Å². The SMILES string of the molecule is O=S(=O)(Cc1ccco1)C[C@@H]1CCCN1. The van der Waals surface area contributed by atoms with E-state index in [1.54, 1.807) is 12.1 Å². The highest BCUT2D eigenvalue weighted by Gasteiger charge is 2.22. The zero-order chi connectivity index (χ0) is 10.7. The third-order valence-corrected chi connectivity index (χ3v) is 4.19. The molecule has 0 aromatic carbocycles. The summed E-state index contributed by atoms with van der Waals surface area (Å²) in [5, 5.41) is 3.18. The first-order valence-corrected chi connectivity index (χ1v) is 6.94. The molecule has 1 saturated heterocycles. The number of nitrogens with one attached hydrogen (secondary N) is 1. The van der Waals surface area contributed by atoms with Crippen LogP contribution in [0.3, 0.4) is 0 Å². The molecule has 0 unspecified atom stereocenters. The van der Waals surface area contributed by atoms with E-state index in [-0.39, 0.29) is 17.5 Å². The summed E-state index contributed by atoms with van der Waals surface area (Å²) < 4.78 is 28.5. The summed E-state index contributed by atoms with van der Waals surface area (Å²) in [6.07, 6.45) is 3.52. The molecule has 0 aliphatic carbocycles. The van der Waals surface area contributed by atoms with Gasteiger partial charge in [-0.1, -0.05) is 0 Å². The molecular weight excluding hydrogens is 214 g/mol. The Morgan fingerprint density at radius 2 is 2.40 bits per heavy atom. The Kier molecular flexibility index (Phi) is 3.11. The summed E-state index contributed by atoms with van der Waals surface area (Å²) in [5.41, 5.74) is 0. The van der Waals surface area contributed by atoms with E-state index in [4.69, 9.17) is 4.42 Å². The maximum Gasteiger partial charge on any atom is 0.159 e. The molecule has 1 aliphatic heterocycles. The van der Waals surface area contributed by atoms with Crippen molar-refractivity contribution in [3.8, 4) is 0 Å². The van der Waals surface area contributed by atoms with Crippen LogP contribution in [0.2, 0.25) is 0 Å². The number of furan rings is 1. The molecule has 1 aromatic rings. The van der Waals surface area contributed by atoms with Crippen molar-refractivity contribution in [2.45, 2.75) is 24.6 Å². The van der Waals surface area contributed by atoms with Crippen molar-refractivity contribution < 1.29 is 12.8 Å². The van der Waals surface area contributed by atoms with Crippen LogP contribution in [0.25, 0.3) is 0 Å². The van der Waals surface area contributed by atoms with E-state index in [0.29, 0.717) is 5.76 Å². The van der Waals surface area contributed by atoms with Crippen molar-refractivity contribution in [2.75, 3.05) is 12.3 Å². The molecule has 84 valence electrons. The summed E-state index contributed by atoms with van der Waals surface area (Å²) in [7, 11) is -3.04. The topological polar surface area (TPSA) is 59.3 Å². The predicted octanol–water partition coefficient (Wildman–Crippen LogP) is 0.946.